The molecular formula is C22H19Br2ClN2O3. The summed E-state index contributed by atoms with van der Waals surface area (Å²) < 4.78 is 0. The van der Waals surface area contributed by atoms with Crippen molar-refractivity contribution < 1.29 is 14.4 Å². The van der Waals surface area contributed by atoms with E-state index in [2.05, 4.69) is 31.9 Å². The van der Waals surface area contributed by atoms with E-state index in [1.165, 1.54) is 5.01 Å². The minimum absolute atomic E-state index is 0.0945. The number of carbonyl (C=O) groups is 3. The molecule has 2 fully saturated rings. The Morgan fingerprint density at radius 1 is 0.933 bits per heavy atom. The van der Waals surface area contributed by atoms with Gasteiger partial charge >= 0.3 is 0 Å². The quantitative estimate of drug-likeness (QED) is 0.402. The van der Waals surface area contributed by atoms with E-state index in [9.17, 15) is 14.4 Å². The number of benzene rings is 2. The molecule has 1 saturated heterocycles. The van der Waals surface area contributed by atoms with Crippen molar-refractivity contribution in [2.45, 2.75) is 29.0 Å². The first-order chi connectivity index (χ1) is 14.4. The average molecular weight is 555 g/mol. The SMILES string of the molecule is O=C(c1ccccc1Cl)N(Cc1ccccc1)N1C(=O)[C@@H]2C[C@H](Br)[C@@H](Br)C[C@H]2C1=O. The van der Waals surface area contributed by atoms with Crippen molar-refractivity contribution >= 4 is 61.2 Å². The Labute approximate surface area is 196 Å². The second-order valence-corrected chi connectivity index (χ2v) is 10.3. The summed E-state index contributed by atoms with van der Waals surface area (Å²) in [7, 11) is 0. The van der Waals surface area contributed by atoms with E-state index in [1.54, 1.807) is 24.3 Å². The van der Waals surface area contributed by atoms with Gasteiger partial charge in [-0.25, -0.2) is 5.01 Å². The fraction of sp³-hybridized carbons (Fsp3) is 0.318. The predicted octanol–water partition coefficient (Wildman–Crippen LogP) is 4.82. The molecule has 30 heavy (non-hydrogen) atoms. The van der Waals surface area contributed by atoms with Crippen LogP contribution >= 0.6 is 43.5 Å². The number of alkyl halides is 2. The minimum atomic E-state index is -0.476. The maximum absolute atomic E-state index is 13.5. The van der Waals surface area contributed by atoms with Gasteiger partial charge in [0.1, 0.15) is 0 Å². The maximum Gasteiger partial charge on any atom is 0.274 e. The van der Waals surface area contributed by atoms with Crippen LogP contribution in [0.2, 0.25) is 5.02 Å². The molecule has 3 amide bonds. The lowest BCUT2D eigenvalue weighted by molar-refractivity contribution is -0.155. The molecule has 4 atom stereocenters. The third kappa shape index (κ3) is 3.95. The second kappa shape index (κ2) is 8.81. The Balaban J connectivity index is 1.72. The summed E-state index contributed by atoms with van der Waals surface area (Å²) in [5.74, 6) is -2.01. The molecule has 1 heterocycles. The standard InChI is InChI=1S/C22H19Br2ClN2O3/c23-17-10-15-16(11-18(17)24)22(30)27(21(15)29)26(12-13-6-2-1-3-7-13)20(28)14-8-4-5-9-19(14)25/h1-9,15-18H,10-12H2/t15-,16-,17+,18+/m1/s1. The van der Waals surface area contributed by atoms with Crippen molar-refractivity contribution in [2.75, 3.05) is 0 Å². The van der Waals surface area contributed by atoms with Gasteiger partial charge in [-0.2, -0.15) is 5.01 Å². The average Bonchev–Trinajstić information content (AvgIpc) is 2.97. The molecule has 0 N–H and O–H groups in total. The van der Waals surface area contributed by atoms with E-state index in [-0.39, 0.29) is 38.6 Å². The summed E-state index contributed by atoms with van der Waals surface area (Å²) in [6.45, 7) is 0.0945. The Morgan fingerprint density at radius 2 is 1.47 bits per heavy atom. The largest absolute Gasteiger partial charge is 0.274 e. The molecule has 2 aliphatic rings. The summed E-state index contributed by atoms with van der Waals surface area (Å²) in [6, 6.07) is 15.9. The number of rotatable bonds is 4. The van der Waals surface area contributed by atoms with Crippen LogP contribution < -0.4 is 0 Å². The van der Waals surface area contributed by atoms with Crippen molar-refractivity contribution in [3.8, 4) is 0 Å². The summed E-state index contributed by atoms with van der Waals surface area (Å²) >= 11 is 13.5. The van der Waals surface area contributed by atoms with Gasteiger partial charge in [0, 0.05) is 9.65 Å². The van der Waals surface area contributed by atoms with Crippen molar-refractivity contribution in [1.29, 1.82) is 0 Å². The third-order valence-electron chi connectivity index (χ3n) is 5.64. The molecule has 4 rings (SSSR count). The first-order valence-corrected chi connectivity index (χ1v) is 11.9. The summed E-state index contributed by atoms with van der Waals surface area (Å²) in [4.78, 5) is 40.2. The van der Waals surface area contributed by atoms with Crippen LogP contribution in [-0.2, 0) is 16.1 Å². The molecular weight excluding hydrogens is 536 g/mol. The molecule has 0 radical (unpaired) electrons. The van der Waals surface area contributed by atoms with E-state index in [0.29, 0.717) is 12.8 Å². The number of imide groups is 1. The van der Waals surface area contributed by atoms with Crippen LogP contribution in [0.25, 0.3) is 0 Å². The molecule has 0 unspecified atom stereocenters. The van der Waals surface area contributed by atoms with Gasteiger partial charge in [0.05, 0.1) is 29.0 Å². The van der Waals surface area contributed by atoms with Crippen LogP contribution in [0, 0.1) is 11.8 Å². The van der Waals surface area contributed by atoms with E-state index in [0.717, 1.165) is 10.6 Å². The van der Waals surface area contributed by atoms with E-state index < -0.39 is 17.7 Å². The topological polar surface area (TPSA) is 57.7 Å². The molecule has 5 nitrogen and oxygen atoms in total. The highest BCUT2D eigenvalue weighted by molar-refractivity contribution is 9.12. The lowest BCUT2D eigenvalue weighted by atomic mass is 9.81. The number of nitrogens with zero attached hydrogens (tertiary/aromatic N) is 2. The van der Waals surface area contributed by atoms with Gasteiger partial charge < -0.3 is 0 Å². The Kier molecular flexibility index (Phi) is 6.32. The molecule has 2 aromatic carbocycles. The smallest absolute Gasteiger partial charge is 0.272 e. The Bertz CT molecular complexity index is 959. The van der Waals surface area contributed by atoms with Crippen LogP contribution in [0.15, 0.2) is 54.6 Å². The van der Waals surface area contributed by atoms with Gasteiger partial charge in [-0.3, -0.25) is 14.4 Å². The van der Waals surface area contributed by atoms with E-state index in [1.807, 2.05) is 30.3 Å². The number of carbonyl (C=O) groups excluding carboxylic acids is 3. The lowest BCUT2D eigenvalue weighted by Gasteiger charge is -2.31. The van der Waals surface area contributed by atoms with Crippen LogP contribution in [-0.4, -0.2) is 37.4 Å². The predicted molar refractivity (Wildman–Crippen MR) is 121 cm³/mol. The lowest BCUT2D eigenvalue weighted by Crippen LogP contribution is -2.49. The third-order valence-corrected chi connectivity index (χ3v) is 8.71. The Morgan fingerprint density at radius 3 is 2.03 bits per heavy atom. The zero-order valence-electron chi connectivity index (χ0n) is 15.9. The van der Waals surface area contributed by atoms with Gasteiger partial charge in [0.15, 0.2) is 0 Å². The summed E-state index contributed by atoms with van der Waals surface area (Å²) in [6.07, 6.45) is 1.09. The molecule has 156 valence electrons. The molecule has 0 aromatic heterocycles. The molecule has 1 saturated carbocycles. The molecule has 8 heteroatoms. The maximum atomic E-state index is 13.5. The molecule has 0 spiro atoms. The zero-order chi connectivity index (χ0) is 21.4. The van der Waals surface area contributed by atoms with E-state index >= 15 is 0 Å². The second-order valence-electron chi connectivity index (χ2n) is 7.53. The van der Waals surface area contributed by atoms with Crippen molar-refractivity contribution in [3.63, 3.8) is 0 Å². The van der Waals surface area contributed by atoms with Gasteiger partial charge in [-0.05, 0) is 30.5 Å². The molecule has 1 aliphatic heterocycles. The summed E-state index contributed by atoms with van der Waals surface area (Å²) in [5, 5.41) is 2.57. The highest BCUT2D eigenvalue weighted by Gasteiger charge is 2.54. The fourth-order valence-electron chi connectivity index (χ4n) is 4.08. The minimum Gasteiger partial charge on any atom is -0.272 e. The van der Waals surface area contributed by atoms with Crippen LogP contribution in [0.1, 0.15) is 28.8 Å². The number of amides is 3. The monoisotopic (exact) mass is 552 g/mol. The van der Waals surface area contributed by atoms with Crippen molar-refractivity contribution in [1.82, 2.24) is 10.0 Å². The van der Waals surface area contributed by atoms with Crippen LogP contribution in [0.4, 0.5) is 0 Å². The zero-order valence-corrected chi connectivity index (χ0v) is 19.8. The first kappa shape index (κ1) is 21.5. The molecule has 1 aliphatic carbocycles. The van der Waals surface area contributed by atoms with Gasteiger partial charge in [0.25, 0.3) is 17.7 Å². The van der Waals surface area contributed by atoms with Gasteiger partial charge in [-0.15, -0.1) is 0 Å². The van der Waals surface area contributed by atoms with Crippen LogP contribution in [0.5, 0.6) is 0 Å². The number of hydrazine groups is 1. The van der Waals surface area contributed by atoms with Crippen molar-refractivity contribution in [3.05, 3.63) is 70.7 Å². The number of halogens is 3. The first-order valence-electron chi connectivity index (χ1n) is 9.64. The highest BCUT2D eigenvalue weighted by Crippen LogP contribution is 2.44. The summed E-state index contributed by atoms with van der Waals surface area (Å²) in [5.41, 5.74) is 1.06. The highest BCUT2D eigenvalue weighted by atomic mass is 79.9. The number of hydrogen-bond donors (Lipinski definition) is 0. The van der Waals surface area contributed by atoms with Crippen LogP contribution in [0.3, 0.4) is 0 Å². The Hall–Kier alpha value is -1.70. The number of fused-ring (bicyclic) bond motifs is 1. The van der Waals surface area contributed by atoms with Crippen molar-refractivity contribution in [2.24, 2.45) is 11.8 Å². The number of hydrogen-bond acceptors (Lipinski definition) is 3. The molecule has 2 aromatic rings. The fourth-order valence-corrected chi connectivity index (χ4v) is 5.53. The van der Waals surface area contributed by atoms with E-state index in [4.69, 9.17) is 11.6 Å². The van der Waals surface area contributed by atoms with Gasteiger partial charge in [0.2, 0.25) is 0 Å². The normalized spacial score (nSPS) is 25.9. The molecule has 0 bridgehead atoms. The van der Waals surface area contributed by atoms with Gasteiger partial charge in [-0.1, -0.05) is 85.9 Å².